The molecule has 2 aromatic rings. The van der Waals surface area contributed by atoms with Gasteiger partial charge in [0.2, 0.25) is 0 Å². The topological polar surface area (TPSA) is 87.7 Å². The number of likely N-dealkylation sites (tertiary alicyclic amines) is 1. The Hall–Kier alpha value is -1.97. The molecule has 0 spiro atoms. The van der Waals surface area contributed by atoms with Gasteiger partial charge in [-0.15, -0.1) is 0 Å². The molecule has 202 valence electrons. The molecular weight excluding hydrogens is 510 g/mol. The molecule has 2 N–H and O–H groups in total. The van der Waals surface area contributed by atoms with Crippen molar-refractivity contribution >= 4 is 27.8 Å². The molecule has 0 radical (unpaired) electrons. The molecule has 2 aromatic carbocycles. The standard InChI is InChI=1S/C28H38ClN3O4S/c1-21-7-6-8-22(2)26(21)27(33)30-17-20-32-18-15-28(16-19-32,23-11-13-24(29)14-12-23)36-37(34,35)31-25-9-4-3-5-10-25/h6-8,11-14,25,31H,3-5,9-10,15-20H2,1-2H3,(H,30,33). The summed E-state index contributed by atoms with van der Waals surface area (Å²) in [6, 6.07) is 13.0. The summed E-state index contributed by atoms with van der Waals surface area (Å²) in [4.78, 5) is 15.0. The SMILES string of the molecule is Cc1cccc(C)c1C(=O)NCCN1CCC(OS(=O)(=O)NC2CCCCC2)(c2ccc(Cl)cc2)CC1. The molecule has 1 saturated carbocycles. The molecular formula is C28H38ClN3O4S. The Balaban J connectivity index is 1.38. The smallest absolute Gasteiger partial charge is 0.336 e. The van der Waals surface area contributed by atoms with Crippen LogP contribution in [0.15, 0.2) is 42.5 Å². The van der Waals surface area contributed by atoms with Crippen molar-refractivity contribution < 1.29 is 17.4 Å². The van der Waals surface area contributed by atoms with E-state index in [0.717, 1.165) is 54.4 Å². The van der Waals surface area contributed by atoms with Gasteiger partial charge in [0, 0.05) is 42.8 Å². The average molecular weight is 548 g/mol. The highest BCUT2D eigenvalue weighted by Gasteiger charge is 2.42. The summed E-state index contributed by atoms with van der Waals surface area (Å²) in [7, 11) is -3.94. The average Bonchev–Trinajstić information content (AvgIpc) is 2.85. The van der Waals surface area contributed by atoms with Crippen LogP contribution in [0.3, 0.4) is 0 Å². The highest BCUT2D eigenvalue weighted by atomic mass is 35.5. The Bertz CT molecular complexity index is 1150. The molecule has 1 amide bonds. The highest BCUT2D eigenvalue weighted by molar-refractivity contribution is 7.84. The van der Waals surface area contributed by atoms with Crippen molar-refractivity contribution in [3.63, 3.8) is 0 Å². The fourth-order valence-electron chi connectivity index (χ4n) is 5.56. The van der Waals surface area contributed by atoms with Crippen molar-refractivity contribution in [2.75, 3.05) is 26.2 Å². The minimum atomic E-state index is -3.94. The van der Waals surface area contributed by atoms with Crippen LogP contribution in [0.2, 0.25) is 5.02 Å². The van der Waals surface area contributed by atoms with Gasteiger partial charge in [-0.2, -0.15) is 13.1 Å². The predicted octanol–water partition coefficient (Wildman–Crippen LogP) is 4.86. The number of carbonyl (C=O) groups excluding carboxylic acids is 1. The molecule has 0 atom stereocenters. The molecule has 0 unspecified atom stereocenters. The van der Waals surface area contributed by atoms with Crippen LogP contribution in [-0.4, -0.2) is 51.4 Å². The van der Waals surface area contributed by atoms with Crippen LogP contribution in [0.5, 0.6) is 0 Å². The van der Waals surface area contributed by atoms with Crippen molar-refractivity contribution in [2.45, 2.75) is 70.4 Å². The molecule has 4 rings (SSSR count). The van der Waals surface area contributed by atoms with Crippen LogP contribution < -0.4 is 10.0 Å². The molecule has 2 aliphatic rings. The maximum atomic E-state index is 13.1. The van der Waals surface area contributed by atoms with Crippen LogP contribution in [0, 0.1) is 13.8 Å². The Morgan fingerprint density at radius 1 is 1.03 bits per heavy atom. The molecule has 9 heteroatoms. The quantitative estimate of drug-likeness (QED) is 0.468. The summed E-state index contributed by atoms with van der Waals surface area (Å²) in [5.41, 5.74) is 2.51. The van der Waals surface area contributed by atoms with E-state index in [1.165, 1.54) is 0 Å². The largest absolute Gasteiger partial charge is 0.351 e. The van der Waals surface area contributed by atoms with Gasteiger partial charge in [-0.25, -0.2) is 4.18 Å². The number of aryl methyl sites for hydroxylation is 2. The first kappa shape index (κ1) is 28.0. The van der Waals surface area contributed by atoms with E-state index in [-0.39, 0.29) is 11.9 Å². The summed E-state index contributed by atoms with van der Waals surface area (Å²) >= 11 is 6.11. The normalized spacial score (nSPS) is 19.0. The fourth-order valence-corrected chi connectivity index (χ4v) is 7.06. The number of hydrogen-bond acceptors (Lipinski definition) is 5. The first-order valence-corrected chi connectivity index (χ1v) is 15.0. The minimum Gasteiger partial charge on any atom is -0.351 e. The van der Waals surface area contributed by atoms with E-state index in [2.05, 4.69) is 14.9 Å². The minimum absolute atomic E-state index is 0.0636. The monoisotopic (exact) mass is 547 g/mol. The lowest BCUT2D eigenvalue weighted by Gasteiger charge is -2.41. The molecule has 2 fully saturated rings. The number of amides is 1. The first-order valence-electron chi connectivity index (χ1n) is 13.2. The highest BCUT2D eigenvalue weighted by Crippen LogP contribution is 2.38. The Labute approximate surface area is 226 Å². The summed E-state index contributed by atoms with van der Waals surface area (Å²) in [6.45, 7) is 6.39. The summed E-state index contributed by atoms with van der Waals surface area (Å²) in [5.74, 6) is -0.0636. The third-order valence-electron chi connectivity index (χ3n) is 7.64. The second-order valence-corrected chi connectivity index (χ2v) is 12.1. The lowest BCUT2D eigenvalue weighted by Crippen LogP contribution is -2.49. The second-order valence-electron chi connectivity index (χ2n) is 10.4. The van der Waals surface area contributed by atoms with Gasteiger partial charge in [-0.05, 0) is 68.4 Å². The molecule has 37 heavy (non-hydrogen) atoms. The first-order chi connectivity index (χ1) is 17.7. The van der Waals surface area contributed by atoms with Gasteiger partial charge >= 0.3 is 10.3 Å². The molecule has 7 nitrogen and oxygen atoms in total. The van der Waals surface area contributed by atoms with E-state index in [4.69, 9.17) is 15.8 Å². The summed E-state index contributed by atoms with van der Waals surface area (Å²) < 4.78 is 35.0. The van der Waals surface area contributed by atoms with E-state index < -0.39 is 15.9 Å². The summed E-state index contributed by atoms with van der Waals surface area (Å²) in [5, 5.41) is 3.63. The van der Waals surface area contributed by atoms with Gasteiger partial charge in [0.05, 0.1) is 0 Å². The lowest BCUT2D eigenvalue weighted by molar-refractivity contribution is 0.00126. The van der Waals surface area contributed by atoms with E-state index >= 15 is 0 Å². The number of rotatable bonds is 9. The molecule has 0 aromatic heterocycles. The van der Waals surface area contributed by atoms with Crippen molar-refractivity contribution in [3.05, 3.63) is 69.7 Å². The van der Waals surface area contributed by atoms with Crippen LogP contribution in [0.4, 0.5) is 0 Å². The third-order valence-corrected chi connectivity index (χ3v) is 9.05. The Morgan fingerprint density at radius 3 is 2.27 bits per heavy atom. The predicted molar refractivity (Wildman–Crippen MR) is 147 cm³/mol. The third kappa shape index (κ3) is 7.33. The van der Waals surface area contributed by atoms with Crippen LogP contribution in [0.1, 0.15) is 72.0 Å². The van der Waals surface area contributed by atoms with E-state index in [1.807, 2.05) is 44.2 Å². The van der Waals surface area contributed by atoms with Crippen LogP contribution in [0.25, 0.3) is 0 Å². The number of benzene rings is 2. The van der Waals surface area contributed by atoms with Crippen molar-refractivity contribution in [1.29, 1.82) is 0 Å². The lowest BCUT2D eigenvalue weighted by atomic mass is 9.84. The molecule has 1 heterocycles. The molecule has 0 bridgehead atoms. The number of hydrogen-bond donors (Lipinski definition) is 2. The number of nitrogens with one attached hydrogen (secondary N) is 2. The van der Waals surface area contributed by atoms with E-state index in [9.17, 15) is 13.2 Å². The van der Waals surface area contributed by atoms with E-state index in [0.29, 0.717) is 44.0 Å². The van der Waals surface area contributed by atoms with E-state index in [1.54, 1.807) is 12.1 Å². The molecule has 1 saturated heterocycles. The van der Waals surface area contributed by atoms with Crippen LogP contribution >= 0.6 is 11.6 Å². The summed E-state index contributed by atoms with van der Waals surface area (Å²) in [6.07, 6.45) is 5.94. The molecule has 1 aliphatic heterocycles. The molecule has 1 aliphatic carbocycles. The zero-order chi connectivity index (χ0) is 26.5. The number of piperidine rings is 1. The zero-order valence-electron chi connectivity index (χ0n) is 21.8. The van der Waals surface area contributed by atoms with Crippen molar-refractivity contribution in [2.24, 2.45) is 0 Å². The number of halogens is 1. The van der Waals surface area contributed by atoms with Gasteiger partial charge in [-0.1, -0.05) is 61.2 Å². The van der Waals surface area contributed by atoms with Gasteiger partial charge < -0.3 is 10.2 Å². The number of nitrogens with zero attached hydrogens (tertiary/aromatic N) is 1. The zero-order valence-corrected chi connectivity index (χ0v) is 23.3. The Morgan fingerprint density at radius 2 is 1.65 bits per heavy atom. The Kier molecular flexibility index (Phi) is 9.29. The van der Waals surface area contributed by atoms with Gasteiger partial charge in [0.1, 0.15) is 5.60 Å². The second kappa shape index (κ2) is 12.3. The fraction of sp³-hybridized carbons (Fsp3) is 0.536. The van der Waals surface area contributed by atoms with Gasteiger partial charge in [0.15, 0.2) is 0 Å². The maximum Gasteiger partial charge on any atom is 0.336 e. The van der Waals surface area contributed by atoms with Gasteiger partial charge in [0.25, 0.3) is 5.91 Å². The van der Waals surface area contributed by atoms with Crippen molar-refractivity contribution in [1.82, 2.24) is 14.9 Å². The van der Waals surface area contributed by atoms with Crippen LogP contribution in [-0.2, 0) is 20.1 Å². The van der Waals surface area contributed by atoms with Crippen molar-refractivity contribution in [3.8, 4) is 0 Å². The van der Waals surface area contributed by atoms with Gasteiger partial charge in [-0.3, -0.25) is 4.79 Å². The maximum absolute atomic E-state index is 13.1. The number of carbonyl (C=O) groups is 1.